The molecular formula is C28H32N2O5. The van der Waals surface area contributed by atoms with Crippen LogP contribution in [0.25, 0.3) is 11.1 Å². The number of hydrogen-bond donors (Lipinski definition) is 3. The average molecular weight is 477 g/mol. The first-order valence-corrected chi connectivity index (χ1v) is 12.6. The third kappa shape index (κ3) is 5.19. The lowest BCUT2D eigenvalue weighted by molar-refractivity contribution is -0.144. The lowest BCUT2D eigenvalue weighted by Crippen LogP contribution is -2.48. The number of alkyl carbamates (subject to hydrolysis) is 1. The van der Waals surface area contributed by atoms with Crippen molar-refractivity contribution in [1.82, 2.24) is 10.6 Å². The molecule has 35 heavy (non-hydrogen) atoms. The van der Waals surface area contributed by atoms with Crippen molar-refractivity contribution in [2.24, 2.45) is 17.8 Å². The van der Waals surface area contributed by atoms with Gasteiger partial charge in [-0.1, -0.05) is 55.0 Å². The van der Waals surface area contributed by atoms with Crippen LogP contribution < -0.4 is 10.6 Å². The van der Waals surface area contributed by atoms with Crippen LogP contribution in [0.15, 0.2) is 48.5 Å². The van der Waals surface area contributed by atoms with E-state index in [1.807, 2.05) is 24.3 Å². The molecule has 2 aromatic rings. The summed E-state index contributed by atoms with van der Waals surface area (Å²) in [6.45, 7) is 0.589. The molecule has 3 aliphatic rings. The van der Waals surface area contributed by atoms with Crippen LogP contribution in [-0.4, -0.2) is 42.3 Å². The highest BCUT2D eigenvalue weighted by Gasteiger charge is 2.37. The van der Waals surface area contributed by atoms with Crippen LogP contribution in [0.4, 0.5) is 4.79 Å². The van der Waals surface area contributed by atoms with Gasteiger partial charge >= 0.3 is 12.1 Å². The predicted molar refractivity (Wildman–Crippen MR) is 131 cm³/mol. The van der Waals surface area contributed by atoms with Gasteiger partial charge in [0.1, 0.15) is 12.6 Å². The Hall–Kier alpha value is -3.35. The van der Waals surface area contributed by atoms with E-state index in [9.17, 15) is 19.5 Å². The Morgan fingerprint density at radius 3 is 2.09 bits per heavy atom. The van der Waals surface area contributed by atoms with Gasteiger partial charge in [-0.05, 0) is 65.7 Å². The number of carbonyl (C=O) groups is 3. The Labute approximate surface area is 205 Å². The van der Waals surface area contributed by atoms with Gasteiger partial charge < -0.3 is 20.5 Å². The maximum atomic E-state index is 12.6. The third-order valence-corrected chi connectivity index (χ3v) is 7.79. The number of amides is 2. The van der Waals surface area contributed by atoms with E-state index in [0.29, 0.717) is 12.5 Å². The normalized spacial score (nSPS) is 18.5. The van der Waals surface area contributed by atoms with Crippen LogP contribution in [0.2, 0.25) is 0 Å². The van der Waals surface area contributed by atoms with Crippen molar-refractivity contribution in [3.8, 4) is 11.1 Å². The van der Waals surface area contributed by atoms with Crippen LogP contribution in [0.3, 0.4) is 0 Å². The molecule has 0 aromatic heterocycles. The molecule has 0 spiro atoms. The van der Waals surface area contributed by atoms with Crippen LogP contribution in [-0.2, 0) is 14.3 Å². The Bertz CT molecular complexity index is 1060. The summed E-state index contributed by atoms with van der Waals surface area (Å²) in [5.41, 5.74) is 4.68. The molecule has 5 rings (SSSR count). The summed E-state index contributed by atoms with van der Waals surface area (Å²) in [5, 5.41) is 15.0. The van der Waals surface area contributed by atoms with Crippen molar-refractivity contribution in [2.45, 2.75) is 50.5 Å². The minimum absolute atomic E-state index is 0.00221. The fourth-order valence-electron chi connectivity index (χ4n) is 5.46. The molecule has 0 heterocycles. The molecular weight excluding hydrogens is 444 g/mol. The SMILES string of the molecule is O=C(CC(CNC(=O)OCC1c2ccccc2-c2ccccc21)C1CC1)NC(C(=O)O)C1CCC1. The topological polar surface area (TPSA) is 105 Å². The van der Waals surface area contributed by atoms with Gasteiger partial charge in [0.25, 0.3) is 0 Å². The second-order valence-electron chi connectivity index (χ2n) is 10.1. The Kier molecular flexibility index (Phi) is 6.75. The molecule has 3 N–H and O–H groups in total. The Morgan fingerprint density at radius 2 is 1.54 bits per heavy atom. The number of fused-ring (bicyclic) bond motifs is 3. The molecule has 7 heteroatoms. The number of carbonyl (C=O) groups excluding carboxylic acids is 2. The van der Waals surface area contributed by atoms with Crippen molar-refractivity contribution >= 4 is 18.0 Å². The number of rotatable bonds is 10. The Morgan fingerprint density at radius 1 is 0.914 bits per heavy atom. The standard InChI is InChI=1S/C28H32N2O5/c31-25(30-26(27(32)33)18-6-5-7-18)14-19(17-12-13-17)15-29-28(34)35-16-24-22-10-3-1-8-20(22)21-9-2-4-11-23(21)24/h1-4,8-11,17-19,24,26H,5-7,12-16H2,(H,29,34)(H,30,31)(H,32,33). The summed E-state index contributed by atoms with van der Waals surface area (Å²) in [4.78, 5) is 36.7. The summed E-state index contributed by atoms with van der Waals surface area (Å²) < 4.78 is 5.62. The first kappa shape index (κ1) is 23.4. The maximum Gasteiger partial charge on any atom is 0.407 e. The average Bonchev–Trinajstić information content (AvgIpc) is 3.61. The quantitative estimate of drug-likeness (QED) is 0.474. The number of carboxylic acids is 1. The highest BCUT2D eigenvalue weighted by molar-refractivity contribution is 5.84. The smallest absolute Gasteiger partial charge is 0.407 e. The zero-order chi connectivity index (χ0) is 24.4. The van der Waals surface area contributed by atoms with E-state index in [-0.39, 0.29) is 36.7 Å². The number of ether oxygens (including phenoxy) is 1. The summed E-state index contributed by atoms with van der Waals surface area (Å²) in [6, 6.07) is 15.6. The zero-order valence-corrected chi connectivity index (χ0v) is 19.7. The first-order valence-electron chi connectivity index (χ1n) is 12.6. The molecule has 2 unspecified atom stereocenters. The molecule has 184 valence electrons. The summed E-state index contributed by atoms with van der Waals surface area (Å²) in [5.74, 6) is -0.848. The fourth-order valence-corrected chi connectivity index (χ4v) is 5.46. The number of carboxylic acid groups (broad SMARTS) is 1. The zero-order valence-electron chi connectivity index (χ0n) is 19.7. The van der Waals surface area contributed by atoms with Gasteiger partial charge in [-0.15, -0.1) is 0 Å². The van der Waals surface area contributed by atoms with E-state index in [2.05, 4.69) is 34.9 Å². The highest BCUT2D eigenvalue weighted by Crippen LogP contribution is 2.44. The summed E-state index contributed by atoms with van der Waals surface area (Å²) in [6.07, 6.45) is 4.46. The second kappa shape index (κ2) is 10.1. The van der Waals surface area contributed by atoms with Crippen molar-refractivity contribution in [1.29, 1.82) is 0 Å². The molecule has 0 aliphatic heterocycles. The van der Waals surface area contributed by atoms with Crippen LogP contribution in [0.1, 0.15) is 55.6 Å². The molecule has 2 fully saturated rings. The first-order chi connectivity index (χ1) is 17.0. The monoisotopic (exact) mass is 476 g/mol. The number of hydrogen-bond acceptors (Lipinski definition) is 4. The summed E-state index contributed by atoms with van der Waals surface area (Å²) >= 11 is 0. The minimum atomic E-state index is -0.970. The van der Waals surface area contributed by atoms with Gasteiger partial charge in [-0.25, -0.2) is 9.59 Å². The lowest BCUT2D eigenvalue weighted by atomic mass is 9.79. The van der Waals surface area contributed by atoms with E-state index in [4.69, 9.17) is 4.74 Å². The second-order valence-corrected chi connectivity index (χ2v) is 10.1. The molecule has 2 aromatic carbocycles. The number of nitrogens with one attached hydrogen (secondary N) is 2. The van der Waals surface area contributed by atoms with Gasteiger partial charge in [-0.2, -0.15) is 0 Å². The molecule has 0 radical (unpaired) electrons. The molecule has 2 atom stereocenters. The third-order valence-electron chi connectivity index (χ3n) is 7.79. The minimum Gasteiger partial charge on any atom is -0.480 e. The fraction of sp³-hybridized carbons (Fsp3) is 0.464. The van der Waals surface area contributed by atoms with E-state index < -0.39 is 18.1 Å². The lowest BCUT2D eigenvalue weighted by Gasteiger charge is -2.31. The molecule has 7 nitrogen and oxygen atoms in total. The van der Waals surface area contributed by atoms with Crippen molar-refractivity contribution in [3.63, 3.8) is 0 Å². The van der Waals surface area contributed by atoms with E-state index in [0.717, 1.165) is 43.2 Å². The van der Waals surface area contributed by atoms with E-state index in [1.54, 1.807) is 0 Å². The van der Waals surface area contributed by atoms with Gasteiger partial charge in [0.05, 0.1) is 0 Å². The van der Waals surface area contributed by atoms with Crippen LogP contribution >= 0.6 is 0 Å². The van der Waals surface area contributed by atoms with Gasteiger partial charge in [0, 0.05) is 18.9 Å². The predicted octanol–water partition coefficient (Wildman–Crippen LogP) is 4.31. The molecule has 0 bridgehead atoms. The van der Waals surface area contributed by atoms with Gasteiger partial charge in [0.2, 0.25) is 5.91 Å². The number of benzene rings is 2. The molecule has 2 amide bonds. The van der Waals surface area contributed by atoms with Gasteiger partial charge in [-0.3, -0.25) is 4.79 Å². The van der Waals surface area contributed by atoms with Crippen LogP contribution in [0.5, 0.6) is 0 Å². The van der Waals surface area contributed by atoms with Crippen LogP contribution in [0, 0.1) is 17.8 Å². The summed E-state index contributed by atoms with van der Waals surface area (Å²) in [7, 11) is 0. The molecule has 0 saturated heterocycles. The molecule has 2 saturated carbocycles. The van der Waals surface area contributed by atoms with Gasteiger partial charge in [0.15, 0.2) is 0 Å². The maximum absolute atomic E-state index is 12.6. The highest BCUT2D eigenvalue weighted by atomic mass is 16.5. The van der Waals surface area contributed by atoms with E-state index >= 15 is 0 Å². The van der Waals surface area contributed by atoms with E-state index in [1.165, 1.54) is 11.1 Å². The largest absolute Gasteiger partial charge is 0.480 e. The number of aliphatic carboxylic acids is 1. The van der Waals surface area contributed by atoms with Crippen molar-refractivity contribution in [2.75, 3.05) is 13.2 Å². The van der Waals surface area contributed by atoms with Crippen molar-refractivity contribution in [3.05, 3.63) is 59.7 Å². The molecule has 3 aliphatic carbocycles. The Balaban J connectivity index is 1.13. The van der Waals surface area contributed by atoms with Crippen molar-refractivity contribution < 1.29 is 24.2 Å².